The molecule has 1 heterocycles. The van der Waals surface area contributed by atoms with Crippen LogP contribution in [0.4, 0.5) is 4.79 Å². The third-order valence-electron chi connectivity index (χ3n) is 8.70. The first-order valence-corrected chi connectivity index (χ1v) is 16.4. The van der Waals surface area contributed by atoms with Crippen LogP contribution in [0.1, 0.15) is 59.1 Å². The van der Waals surface area contributed by atoms with Crippen LogP contribution in [0.25, 0.3) is 0 Å². The zero-order valence-corrected chi connectivity index (χ0v) is 24.3. The maximum Gasteiger partial charge on any atom is 0.410 e. The molecule has 1 saturated carbocycles. The van der Waals surface area contributed by atoms with E-state index in [1.54, 1.807) is 4.90 Å². The lowest BCUT2D eigenvalue weighted by Crippen LogP contribution is -2.56. The number of hydrogen-bond donors (Lipinski definition) is 0. The van der Waals surface area contributed by atoms with Crippen LogP contribution >= 0.6 is 0 Å². The summed E-state index contributed by atoms with van der Waals surface area (Å²) in [6.07, 6.45) is -0.230. The summed E-state index contributed by atoms with van der Waals surface area (Å²) >= 11 is 0. The Labute approximate surface area is 223 Å². The summed E-state index contributed by atoms with van der Waals surface area (Å²) in [7, 11) is -2.05. The van der Waals surface area contributed by atoms with Gasteiger partial charge >= 0.3 is 6.09 Å². The normalized spacial score (nSPS) is 23.6. The van der Waals surface area contributed by atoms with E-state index in [-0.39, 0.29) is 23.7 Å². The van der Waals surface area contributed by atoms with Gasteiger partial charge < -0.3 is 14.1 Å². The molecule has 1 aliphatic carbocycles. The second-order valence-corrected chi connectivity index (χ2v) is 16.5. The molecule has 2 aliphatic rings. The molecule has 1 aliphatic heterocycles. The topological polar surface area (TPSA) is 55.8 Å². The lowest BCUT2D eigenvalue weighted by molar-refractivity contribution is -0.136. The van der Waals surface area contributed by atoms with Gasteiger partial charge in [-0.3, -0.25) is 4.79 Å². The molecule has 200 valence electrons. The van der Waals surface area contributed by atoms with Crippen LogP contribution in [-0.2, 0) is 19.4 Å². The molecule has 0 N–H and O–H groups in total. The number of benzene rings is 2. The van der Waals surface area contributed by atoms with Crippen molar-refractivity contribution in [3.05, 3.63) is 71.8 Å². The van der Waals surface area contributed by atoms with Crippen molar-refractivity contribution in [2.75, 3.05) is 13.1 Å². The number of fused-ring (bicyclic) bond motifs is 1. The monoisotopic (exact) mass is 521 g/mol. The van der Waals surface area contributed by atoms with Gasteiger partial charge in [-0.15, -0.1) is 0 Å². The summed E-state index contributed by atoms with van der Waals surface area (Å²) in [5.41, 5.74) is 1.32. The second-order valence-electron chi connectivity index (χ2n) is 11.8. The van der Waals surface area contributed by atoms with E-state index in [2.05, 4.69) is 69.3 Å². The molecule has 0 aromatic heterocycles. The molecule has 1 saturated heterocycles. The molecular weight excluding hydrogens is 478 g/mol. The van der Waals surface area contributed by atoms with Crippen molar-refractivity contribution < 1.29 is 18.8 Å². The van der Waals surface area contributed by atoms with Gasteiger partial charge in [0.05, 0.1) is 0 Å². The molecule has 0 bridgehead atoms. The molecular formula is C31H43NO4Si. The highest BCUT2D eigenvalue weighted by Gasteiger charge is 2.59. The van der Waals surface area contributed by atoms with Crippen molar-refractivity contribution in [3.63, 3.8) is 0 Å². The van der Waals surface area contributed by atoms with E-state index in [4.69, 9.17) is 9.16 Å². The van der Waals surface area contributed by atoms with Gasteiger partial charge in [-0.25, -0.2) is 4.79 Å². The Morgan fingerprint density at radius 2 is 1.43 bits per heavy atom. The predicted molar refractivity (Wildman–Crippen MR) is 150 cm³/mol. The van der Waals surface area contributed by atoms with Gasteiger partial charge in [0.2, 0.25) is 0 Å². The Balaban J connectivity index is 1.85. The number of ketones is 1. The minimum Gasteiger partial charge on any atom is -0.444 e. The third-order valence-corrected chi connectivity index (χ3v) is 13.3. The third kappa shape index (κ3) is 5.28. The number of carbonyl (C=O) groups excluding carboxylic acids is 2. The van der Waals surface area contributed by atoms with Gasteiger partial charge in [-0.2, -0.15) is 0 Å². The lowest BCUT2D eigenvalue weighted by Gasteiger charge is -2.49. The van der Waals surface area contributed by atoms with Gasteiger partial charge in [0, 0.05) is 30.3 Å². The number of amides is 1. The fraction of sp³-hybridized carbons (Fsp3) is 0.548. The summed E-state index contributed by atoms with van der Waals surface area (Å²) in [4.78, 5) is 29.1. The summed E-state index contributed by atoms with van der Waals surface area (Å²) in [5.74, 6) is -0.201. The number of hydrogen-bond acceptors (Lipinski definition) is 4. The molecule has 3 atom stereocenters. The van der Waals surface area contributed by atoms with Gasteiger partial charge in [0.25, 0.3) is 0 Å². The minimum absolute atomic E-state index is 0.0573. The molecule has 2 fully saturated rings. The van der Waals surface area contributed by atoms with Crippen molar-refractivity contribution >= 4 is 20.2 Å². The Morgan fingerprint density at radius 3 is 1.89 bits per heavy atom. The van der Waals surface area contributed by atoms with Crippen LogP contribution in [0.3, 0.4) is 0 Å². The highest BCUT2D eigenvalue weighted by molar-refractivity contribution is 6.73. The molecule has 1 amide bonds. The molecule has 37 heavy (non-hydrogen) atoms. The zero-order chi connectivity index (χ0) is 26.8. The molecule has 2 aromatic rings. The quantitative estimate of drug-likeness (QED) is 0.375. The number of likely N-dealkylation sites (tertiary alicyclic amines) is 1. The maximum atomic E-state index is 14.2. The van der Waals surface area contributed by atoms with Gasteiger partial charge in [0.1, 0.15) is 11.7 Å². The standard InChI is InChI=1S/C31H43NO4Si/c1-7-37(8-2,9-3)36-27-20-31(23-16-12-10-13-17-23,24-18-14-11-15-19-24)26-22-32(21-25(26)28(27)33)29(34)35-30(4,5)6/h10-19,25-27H,7-9,20-22H2,1-6H3/t25-,26+,27+/m0/s1. The van der Waals surface area contributed by atoms with Crippen LogP contribution in [-0.4, -0.2) is 49.9 Å². The van der Waals surface area contributed by atoms with E-state index in [1.807, 2.05) is 32.9 Å². The number of nitrogens with zero attached hydrogens (tertiary/aromatic N) is 1. The first kappa shape index (κ1) is 27.6. The van der Waals surface area contributed by atoms with E-state index in [1.165, 1.54) is 11.1 Å². The van der Waals surface area contributed by atoms with Crippen LogP contribution in [0.2, 0.25) is 18.1 Å². The molecule has 6 heteroatoms. The minimum atomic E-state index is -2.05. The van der Waals surface area contributed by atoms with Gasteiger partial charge in [-0.1, -0.05) is 81.4 Å². The first-order valence-electron chi connectivity index (χ1n) is 13.9. The maximum absolute atomic E-state index is 14.2. The van der Waals surface area contributed by atoms with E-state index in [9.17, 15) is 9.59 Å². The van der Waals surface area contributed by atoms with Crippen LogP contribution in [0.15, 0.2) is 60.7 Å². The van der Waals surface area contributed by atoms with Crippen LogP contribution in [0, 0.1) is 11.8 Å². The highest BCUT2D eigenvalue weighted by atomic mass is 28.4. The number of carbonyl (C=O) groups is 2. The fourth-order valence-electron chi connectivity index (χ4n) is 6.55. The summed E-state index contributed by atoms with van der Waals surface area (Å²) in [6, 6.07) is 24.1. The van der Waals surface area contributed by atoms with Gasteiger partial charge in [-0.05, 0) is 56.5 Å². The van der Waals surface area contributed by atoms with Crippen molar-refractivity contribution in [1.82, 2.24) is 4.90 Å². The van der Waals surface area contributed by atoms with E-state index < -0.39 is 25.4 Å². The average molecular weight is 522 g/mol. The zero-order valence-electron chi connectivity index (χ0n) is 23.3. The Morgan fingerprint density at radius 1 is 0.919 bits per heavy atom. The van der Waals surface area contributed by atoms with Crippen molar-refractivity contribution in [1.29, 1.82) is 0 Å². The Hall–Kier alpha value is -2.44. The summed E-state index contributed by atoms with van der Waals surface area (Å²) < 4.78 is 12.7. The Kier molecular flexibility index (Phi) is 8.01. The smallest absolute Gasteiger partial charge is 0.410 e. The molecule has 2 aromatic carbocycles. The first-order chi connectivity index (χ1) is 17.6. The highest BCUT2D eigenvalue weighted by Crippen LogP contribution is 2.53. The van der Waals surface area contributed by atoms with Gasteiger partial charge in [0.15, 0.2) is 14.1 Å². The molecule has 5 nitrogen and oxygen atoms in total. The van der Waals surface area contributed by atoms with Crippen molar-refractivity contribution in [2.24, 2.45) is 11.8 Å². The Bertz CT molecular complexity index is 1030. The number of rotatable bonds is 7. The molecule has 0 unspecified atom stereocenters. The largest absolute Gasteiger partial charge is 0.444 e. The van der Waals surface area contributed by atoms with E-state index in [0.29, 0.717) is 19.5 Å². The molecule has 0 radical (unpaired) electrons. The van der Waals surface area contributed by atoms with Crippen LogP contribution in [0.5, 0.6) is 0 Å². The summed E-state index contributed by atoms with van der Waals surface area (Å²) in [6.45, 7) is 13.1. The van der Waals surface area contributed by atoms with Crippen molar-refractivity contribution in [3.8, 4) is 0 Å². The van der Waals surface area contributed by atoms with E-state index in [0.717, 1.165) is 18.1 Å². The molecule has 4 rings (SSSR count). The van der Waals surface area contributed by atoms with Crippen LogP contribution < -0.4 is 0 Å². The summed E-state index contributed by atoms with van der Waals surface area (Å²) in [5, 5.41) is 0. The lowest BCUT2D eigenvalue weighted by atomic mass is 9.55. The average Bonchev–Trinajstić information content (AvgIpc) is 3.36. The predicted octanol–water partition coefficient (Wildman–Crippen LogP) is 6.82. The second kappa shape index (κ2) is 10.7. The number of Topliss-reactive ketones (excluding diaryl/α,β-unsaturated/α-hetero) is 1. The number of ether oxygens (including phenoxy) is 1. The van der Waals surface area contributed by atoms with E-state index >= 15 is 0 Å². The van der Waals surface area contributed by atoms with Crippen molar-refractivity contribution in [2.45, 2.75) is 83.2 Å². The SMILES string of the molecule is CC[Si](CC)(CC)O[C@@H]1CC(c2ccccc2)(c2ccccc2)[C@@H]2CN(C(=O)OC(C)(C)C)C[C@@H]2C1=O. The molecule has 0 spiro atoms. The fourth-order valence-corrected chi connectivity index (χ4v) is 9.36.